The van der Waals surface area contributed by atoms with Gasteiger partial charge in [-0.3, -0.25) is 4.98 Å². The monoisotopic (exact) mass is 413 g/mol. The van der Waals surface area contributed by atoms with Gasteiger partial charge in [-0.25, -0.2) is 4.39 Å². The molecule has 0 amide bonds. The molecule has 0 fully saturated rings. The SMILES string of the molecule is Oc1ccc(F)cc1-c1nc(-c2ncc(Br)cc2Br)no1. The van der Waals surface area contributed by atoms with E-state index >= 15 is 0 Å². The van der Waals surface area contributed by atoms with Gasteiger partial charge in [-0.05, 0) is 56.1 Å². The van der Waals surface area contributed by atoms with Gasteiger partial charge in [0.1, 0.15) is 17.3 Å². The van der Waals surface area contributed by atoms with Crippen molar-refractivity contribution in [2.75, 3.05) is 0 Å². The van der Waals surface area contributed by atoms with Crippen LogP contribution in [0, 0.1) is 5.82 Å². The third-order valence-corrected chi connectivity index (χ3v) is 3.67. The van der Waals surface area contributed by atoms with E-state index < -0.39 is 5.82 Å². The van der Waals surface area contributed by atoms with E-state index in [1.54, 1.807) is 12.3 Å². The highest BCUT2D eigenvalue weighted by Gasteiger charge is 2.17. The third-order valence-electron chi connectivity index (χ3n) is 2.63. The van der Waals surface area contributed by atoms with Crippen LogP contribution in [0.2, 0.25) is 0 Å². The molecule has 0 aliphatic carbocycles. The fourth-order valence-corrected chi connectivity index (χ4v) is 2.85. The lowest BCUT2D eigenvalue weighted by Crippen LogP contribution is -1.88. The molecule has 106 valence electrons. The first-order valence-electron chi connectivity index (χ1n) is 5.68. The Labute approximate surface area is 135 Å². The molecule has 2 heterocycles. The molecule has 2 aromatic heterocycles. The summed E-state index contributed by atoms with van der Waals surface area (Å²) in [6.07, 6.45) is 1.59. The van der Waals surface area contributed by atoms with Crippen LogP contribution in [0.25, 0.3) is 23.0 Å². The molecular weight excluding hydrogens is 409 g/mol. The normalized spacial score (nSPS) is 10.8. The minimum absolute atomic E-state index is 0.0126. The molecule has 1 N–H and O–H groups in total. The van der Waals surface area contributed by atoms with Crippen molar-refractivity contribution in [3.63, 3.8) is 0 Å². The van der Waals surface area contributed by atoms with Crippen molar-refractivity contribution in [1.82, 2.24) is 15.1 Å². The summed E-state index contributed by atoms with van der Waals surface area (Å²) >= 11 is 6.65. The second-order valence-electron chi connectivity index (χ2n) is 4.07. The lowest BCUT2D eigenvalue weighted by atomic mass is 10.2. The number of rotatable bonds is 2. The van der Waals surface area contributed by atoms with Crippen LogP contribution in [0.3, 0.4) is 0 Å². The number of aromatic hydroxyl groups is 1. The first-order chi connectivity index (χ1) is 10.0. The highest BCUT2D eigenvalue weighted by Crippen LogP contribution is 2.31. The average Bonchev–Trinajstić information content (AvgIpc) is 2.91. The fourth-order valence-electron chi connectivity index (χ4n) is 1.69. The molecule has 0 aliphatic rings. The van der Waals surface area contributed by atoms with Crippen LogP contribution in [-0.4, -0.2) is 20.2 Å². The quantitative estimate of drug-likeness (QED) is 0.681. The van der Waals surface area contributed by atoms with Gasteiger partial charge in [0.25, 0.3) is 5.89 Å². The summed E-state index contributed by atoms with van der Waals surface area (Å²) in [6.45, 7) is 0. The molecule has 3 aromatic rings. The molecule has 1 aromatic carbocycles. The van der Waals surface area contributed by atoms with Gasteiger partial charge < -0.3 is 9.63 Å². The Morgan fingerprint density at radius 2 is 2.00 bits per heavy atom. The van der Waals surface area contributed by atoms with Crippen molar-refractivity contribution in [3.8, 4) is 28.7 Å². The maximum Gasteiger partial charge on any atom is 0.262 e. The second-order valence-corrected chi connectivity index (χ2v) is 5.84. The number of halogens is 3. The summed E-state index contributed by atoms with van der Waals surface area (Å²) in [5.41, 5.74) is 0.603. The predicted molar refractivity (Wildman–Crippen MR) is 80.0 cm³/mol. The molecule has 21 heavy (non-hydrogen) atoms. The van der Waals surface area contributed by atoms with Crippen molar-refractivity contribution in [1.29, 1.82) is 0 Å². The number of hydrogen-bond donors (Lipinski definition) is 1. The van der Waals surface area contributed by atoms with Gasteiger partial charge in [-0.15, -0.1) is 0 Å². The lowest BCUT2D eigenvalue weighted by Gasteiger charge is -1.99. The third kappa shape index (κ3) is 2.81. The Kier molecular flexibility index (Phi) is 3.73. The Bertz CT molecular complexity index is 823. The minimum atomic E-state index is -0.509. The number of phenols is 1. The van der Waals surface area contributed by atoms with Crippen LogP contribution in [0.1, 0.15) is 0 Å². The van der Waals surface area contributed by atoms with Crippen molar-refractivity contribution < 1.29 is 14.0 Å². The van der Waals surface area contributed by atoms with E-state index in [-0.39, 0.29) is 23.0 Å². The summed E-state index contributed by atoms with van der Waals surface area (Å²) in [6, 6.07) is 5.28. The maximum atomic E-state index is 13.2. The van der Waals surface area contributed by atoms with E-state index in [1.165, 1.54) is 6.07 Å². The van der Waals surface area contributed by atoms with E-state index in [9.17, 15) is 9.50 Å². The average molecular weight is 415 g/mol. The largest absolute Gasteiger partial charge is 0.507 e. The van der Waals surface area contributed by atoms with E-state index in [0.29, 0.717) is 10.2 Å². The molecule has 0 aliphatic heterocycles. The highest BCUT2D eigenvalue weighted by molar-refractivity contribution is 9.11. The van der Waals surface area contributed by atoms with Gasteiger partial charge in [0, 0.05) is 15.1 Å². The maximum absolute atomic E-state index is 13.2. The number of benzene rings is 1. The number of phenolic OH excluding ortho intramolecular Hbond substituents is 1. The van der Waals surface area contributed by atoms with E-state index in [1.807, 2.05) is 0 Å². The summed E-state index contributed by atoms with van der Waals surface area (Å²) in [5.74, 6) is -0.411. The Morgan fingerprint density at radius 3 is 2.76 bits per heavy atom. The van der Waals surface area contributed by atoms with Crippen LogP contribution in [0.5, 0.6) is 5.75 Å². The Balaban J connectivity index is 2.06. The molecular formula is C13H6Br2FN3O2. The molecule has 0 spiro atoms. The standard InChI is InChI=1S/C13H6Br2FN3O2/c14-6-3-9(15)11(17-5-6)12-18-13(21-19-12)8-4-7(16)1-2-10(8)20/h1-5,20H. The van der Waals surface area contributed by atoms with E-state index in [4.69, 9.17) is 4.52 Å². The number of nitrogens with zero attached hydrogens (tertiary/aromatic N) is 3. The molecule has 0 saturated carbocycles. The van der Waals surface area contributed by atoms with E-state index in [0.717, 1.165) is 16.6 Å². The molecule has 0 unspecified atom stereocenters. The van der Waals surface area contributed by atoms with Crippen LogP contribution in [-0.2, 0) is 0 Å². The van der Waals surface area contributed by atoms with Gasteiger partial charge in [0.15, 0.2) is 0 Å². The summed E-state index contributed by atoms with van der Waals surface area (Å²) in [5, 5.41) is 13.5. The summed E-state index contributed by atoms with van der Waals surface area (Å²) < 4.78 is 19.8. The van der Waals surface area contributed by atoms with Gasteiger partial charge in [0.2, 0.25) is 5.82 Å². The number of pyridine rings is 1. The zero-order valence-electron chi connectivity index (χ0n) is 10.2. The van der Waals surface area contributed by atoms with Crippen molar-refractivity contribution in [2.24, 2.45) is 0 Å². The molecule has 0 atom stereocenters. The van der Waals surface area contributed by atoms with Gasteiger partial charge >= 0.3 is 0 Å². The van der Waals surface area contributed by atoms with Crippen LogP contribution in [0.15, 0.2) is 43.9 Å². The second kappa shape index (κ2) is 5.53. The van der Waals surface area contributed by atoms with Crippen molar-refractivity contribution in [3.05, 3.63) is 45.2 Å². The first kappa shape index (κ1) is 14.2. The van der Waals surface area contributed by atoms with Gasteiger partial charge in [0.05, 0.1) is 5.56 Å². The fraction of sp³-hybridized carbons (Fsp3) is 0. The topological polar surface area (TPSA) is 72.0 Å². The predicted octanol–water partition coefficient (Wildman–Crippen LogP) is 4.17. The van der Waals surface area contributed by atoms with Crippen LogP contribution < -0.4 is 0 Å². The lowest BCUT2D eigenvalue weighted by molar-refractivity contribution is 0.424. The molecule has 5 nitrogen and oxygen atoms in total. The summed E-state index contributed by atoms with van der Waals surface area (Å²) in [7, 11) is 0. The zero-order chi connectivity index (χ0) is 15.0. The number of aromatic nitrogens is 3. The van der Waals surface area contributed by atoms with Crippen molar-refractivity contribution in [2.45, 2.75) is 0 Å². The van der Waals surface area contributed by atoms with Crippen molar-refractivity contribution >= 4 is 31.9 Å². The smallest absolute Gasteiger partial charge is 0.262 e. The Morgan fingerprint density at radius 1 is 1.19 bits per heavy atom. The number of hydrogen-bond acceptors (Lipinski definition) is 5. The molecule has 0 radical (unpaired) electrons. The highest BCUT2D eigenvalue weighted by atomic mass is 79.9. The minimum Gasteiger partial charge on any atom is -0.507 e. The first-order valence-corrected chi connectivity index (χ1v) is 7.27. The zero-order valence-corrected chi connectivity index (χ0v) is 13.4. The van der Waals surface area contributed by atoms with Crippen LogP contribution >= 0.6 is 31.9 Å². The molecule has 0 bridgehead atoms. The summed E-state index contributed by atoms with van der Waals surface area (Å²) in [4.78, 5) is 8.31. The molecule has 3 rings (SSSR count). The van der Waals surface area contributed by atoms with Gasteiger partial charge in [-0.2, -0.15) is 4.98 Å². The molecule has 8 heteroatoms. The Hall–Kier alpha value is -1.80. The molecule has 0 saturated heterocycles. The van der Waals surface area contributed by atoms with E-state index in [2.05, 4.69) is 47.0 Å². The van der Waals surface area contributed by atoms with Gasteiger partial charge in [-0.1, -0.05) is 5.16 Å². The van der Waals surface area contributed by atoms with Crippen LogP contribution in [0.4, 0.5) is 4.39 Å².